The average Bonchev–Trinajstić information content (AvgIpc) is 2.42. The zero-order chi connectivity index (χ0) is 14.7. The van der Waals surface area contributed by atoms with Gasteiger partial charge in [0, 0.05) is 12.0 Å². The smallest absolute Gasteiger partial charge is 0.167 e. The molecule has 0 aliphatic heterocycles. The monoisotopic (exact) mass is 277 g/mol. The molecule has 0 atom stereocenters. The molecule has 0 aliphatic carbocycles. The van der Waals surface area contributed by atoms with E-state index in [1.54, 1.807) is 6.07 Å². The number of nitrogens with two attached hydrogens (primary N) is 1. The van der Waals surface area contributed by atoms with Gasteiger partial charge in [-0.15, -0.1) is 0 Å². The molecule has 0 amide bonds. The van der Waals surface area contributed by atoms with Gasteiger partial charge >= 0.3 is 0 Å². The standard InChI is InChI=1S/C15H13F2NO2/c1-20-15-5-2-9(6-12(15)17)7-14(19)10-3-4-13(18)11(16)8-10/h2-6,8H,7,18H2,1H3. The Morgan fingerprint density at radius 1 is 1.15 bits per heavy atom. The van der Waals surface area contributed by atoms with Gasteiger partial charge in [-0.1, -0.05) is 6.07 Å². The zero-order valence-corrected chi connectivity index (χ0v) is 10.8. The fourth-order valence-corrected chi connectivity index (χ4v) is 1.81. The largest absolute Gasteiger partial charge is 0.494 e. The van der Waals surface area contributed by atoms with Crippen LogP contribution in [-0.2, 0) is 6.42 Å². The summed E-state index contributed by atoms with van der Waals surface area (Å²) in [6.45, 7) is 0. The molecule has 2 aromatic rings. The van der Waals surface area contributed by atoms with Gasteiger partial charge in [-0.2, -0.15) is 0 Å². The van der Waals surface area contributed by atoms with E-state index < -0.39 is 11.6 Å². The van der Waals surface area contributed by atoms with Gasteiger partial charge in [0.1, 0.15) is 5.82 Å². The molecule has 20 heavy (non-hydrogen) atoms. The second-order valence-corrected chi connectivity index (χ2v) is 4.31. The fraction of sp³-hybridized carbons (Fsp3) is 0.133. The van der Waals surface area contributed by atoms with Crippen molar-refractivity contribution in [2.24, 2.45) is 0 Å². The molecule has 0 saturated heterocycles. The third-order valence-corrected chi connectivity index (χ3v) is 2.90. The Hall–Kier alpha value is -2.43. The van der Waals surface area contributed by atoms with Crippen LogP contribution in [0.2, 0.25) is 0 Å². The number of halogens is 2. The van der Waals surface area contributed by atoms with Crippen molar-refractivity contribution in [2.45, 2.75) is 6.42 Å². The summed E-state index contributed by atoms with van der Waals surface area (Å²) < 4.78 is 31.6. The second kappa shape index (κ2) is 5.69. The van der Waals surface area contributed by atoms with Crippen LogP contribution in [0.4, 0.5) is 14.5 Å². The van der Waals surface area contributed by atoms with E-state index >= 15 is 0 Å². The van der Waals surface area contributed by atoms with E-state index in [0.717, 1.165) is 6.07 Å². The molecular formula is C15H13F2NO2. The second-order valence-electron chi connectivity index (χ2n) is 4.31. The first-order valence-electron chi connectivity index (χ1n) is 5.92. The van der Waals surface area contributed by atoms with E-state index in [1.807, 2.05) is 0 Å². The lowest BCUT2D eigenvalue weighted by Crippen LogP contribution is -2.05. The summed E-state index contributed by atoms with van der Waals surface area (Å²) >= 11 is 0. The van der Waals surface area contributed by atoms with E-state index in [-0.39, 0.29) is 29.2 Å². The molecule has 3 nitrogen and oxygen atoms in total. The maximum Gasteiger partial charge on any atom is 0.167 e. The molecule has 2 N–H and O–H groups in total. The van der Waals surface area contributed by atoms with Crippen LogP contribution in [-0.4, -0.2) is 12.9 Å². The lowest BCUT2D eigenvalue weighted by atomic mass is 10.0. The molecule has 0 bridgehead atoms. The Morgan fingerprint density at radius 3 is 2.50 bits per heavy atom. The summed E-state index contributed by atoms with van der Waals surface area (Å²) in [4.78, 5) is 12.0. The number of methoxy groups -OCH3 is 1. The predicted molar refractivity (Wildman–Crippen MR) is 71.8 cm³/mol. The van der Waals surface area contributed by atoms with E-state index in [4.69, 9.17) is 10.5 Å². The highest BCUT2D eigenvalue weighted by molar-refractivity contribution is 5.97. The van der Waals surface area contributed by atoms with Crippen molar-refractivity contribution in [1.29, 1.82) is 0 Å². The minimum atomic E-state index is -0.642. The number of nitrogen functional groups attached to an aromatic ring is 1. The minimum absolute atomic E-state index is 0.0166. The number of ether oxygens (including phenoxy) is 1. The van der Waals surface area contributed by atoms with E-state index in [9.17, 15) is 13.6 Å². The van der Waals surface area contributed by atoms with Crippen LogP contribution in [0.25, 0.3) is 0 Å². The molecule has 0 heterocycles. The van der Waals surface area contributed by atoms with Crippen molar-refractivity contribution in [3.63, 3.8) is 0 Å². The van der Waals surface area contributed by atoms with Gasteiger partial charge < -0.3 is 10.5 Å². The summed E-state index contributed by atoms with van der Waals surface area (Å²) in [6.07, 6.45) is -0.0235. The number of hydrogen-bond acceptors (Lipinski definition) is 3. The Morgan fingerprint density at radius 2 is 1.90 bits per heavy atom. The SMILES string of the molecule is COc1ccc(CC(=O)c2ccc(N)c(F)c2)cc1F. The van der Waals surface area contributed by atoms with E-state index in [1.165, 1.54) is 31.4 Å². The third-order valence-electron chi connectivity index (χ3n) is 2.90. The van der Waals surface area contributed by atoms with Crippen LogP contribution < -0.4 is 10.5 Å². The van der Waals surface area contributed by atoms with Crippen LogP contribution in [0.15, 0.2) is 36.4 Å². The number of benzene rings is 2. The van der Waals surface area contributed by atoms with E-state index in [2.05, 4.69) is 0 Å². The van der Waals surface area contributed by atoms with Crippen molar-refractivity contribution in [2.75, 3.05) is 12.8 Å². The van der Waals surface area contributed by atoms with Crippen molar-refractivity contribution in [3.8, 4) is 5.75 Å². The zero-order valence-electron chi connectivity index (χ0n) is 10.8. The van der Waals surface area contributed by atoms with Crippen molar-refractivity contribution in [1.82, 2.24) is 0 Å². The first-order valence-corrected chi connectivity index (χ1v) is 5.92. The van der Waals surface area contributed by atoms with Crippen molar-refractivity contribution >= 4 is 11.5 Å². The highest BCUT2D eigenvalue weighted by Crippen LogP contribution is 2.19. The highest BCUT2D eigenvalue weighted by atomic mass is 19.1. The molecule has 5 heteroatoms. The number of carbonyl (C=O) groups excluding carboxylic acids is 1. The Bertz CT molecular complexity index is 656. The Kier molecular flexibility index (Phi) is 3.98. The summed E-state index contributed by atoms with van der Waals surface area (Å²) in [5.41, 5.74) is 6.02. The molecule has 2 rings (SSSR count). The minimum Gasteiger partial charge on any atom is -0.494 e. The van der Waals surface area contributed by atoms with Gasteiger partial charge in [0.15, 0.2) is 17.3 Å². The van der Waals surface area contributed by atoms with Gasteiger partial charge in [0.05, 0.1) is 12.8 Å². The van der Waals surface area contributed by atoms with Gasteiger partial charge in [0.2, 0.25) is 0 Å². The first kappa shape index (κ1) is 14.0. The van der Waals surface area contributed by atoms with Crippen LogP contribution in [0.3, 0.4) is 0 Å². The number of carbonyl (C=O) groups is 1. The number of hydrogen-bond donors (Lipinski definition) is 1. The number of ketones is 1. The Labute approximate surface area is 115 Å². The van der Waals surface area contributed by atoms with Crippen LogP contribution in [0, 0.1) is 11.6 Å². The topological polar surface area (TPSA) is 52.3 Å². The molecule has 0 aromatic heterocycles. The van der Waals surface area contributed by atoms with Crippen molar-refractivity contribution in [3.05, 3.63) is 59.2 Å². The average molecular weight is 277 g/mol. The molecule has 0 aliphatic rings. The van der Waals surface area contributed by atoms with Gasteiger partial charge in [-0.25, -0.2) is 8.78 Å². The number of rotatable bonds is 4. The molecular weight excluding hydrogens is 264 g/mol. The van der Waals surface area contributed by atoms with Crippen LogP contribution in [0.1, 0.15) is 15.9 Å². The van der Waals surface area contributed by atoms with E-state index in [0.29, 0.717) is 5.56 Å². The molecule has 0 saturated carbocycles. The summed E-state index contributed by atoms with van der Waals surface area (Å²) in [5, 5.41) is 0. The van der Waals surface area contributed by atoms with Gasteiger partial charge in [0.25, 0.3) is 0 Å². The molecule has 0 unspecified atom stereocenters. The summed E-state index contributed by atoms with van der Waals surface area (Å²) in [5.74, 6) is -1.38. The lowest BCUT2D eigenvalue weighted by Gasteiger charge is -2.06. The fourth-order valence-electron chi connectivity index (χ4n) is 1.81. The quantitative estimate of drug-likeness (QED) is 0.690. The molecule has 0 fully saturated rings. The third kappa shape index (κ3) is 2.93. The summed E-state index contributed by atoms with van der Waals surface area (Å²) in [6, 6.07) is 8.12. The maximum atomic E-state index is 13.5. The van der Waals surface area contributed by atoms with Crippen molar-refractivity contribution < 1.29 is 18.3 Å². The van der Waals surface area contributed by atoms with Gasteiger partial charge in [-0.05, 0) is 35.9 Å². The Balaban J connectivity index is 2.19. The maximum absolute atomic E-state index is 13.5. The summed E-state index contributed by atoms with van der Waals surface area (Å²) in [7, 11) is 1.36. The molecule has 104 valence electrons. The van der Waals surface area contributed by atoms with Gasteiger partial charge in [-0.3, -0.25) is 4.79 Å². The van der Waals surface area contributed by atoms with Crippen LogP contribution in [0.5, 0.6) is 5.75 Å². The first-order chi connectivity index (χ1) is 9.51. The molecule has 0 radical (unpaired) electrons. The number of anilines is 1. The normalized spacial score (nSPS) is 10.3. The highest BCUT2D eigenvalue weighted by Gasteiger charge is 2.11. The lowest BCUT2D eigenvalue weighted by molar-refractivity contribution is 0.0992. The molecule has 0 spiro atoms. The number of Topliss-reactive ketones (excluding diaryl/α,β-unsaturated/α-hetero) is 1. The van der Waals surface area contributed by atoms with Crippen LogP contribution >= 0.6 is 0 Å². The molecule has 2 aromatic carbocycles. The predicted octanol–water partition coefficient (Wildman–Crippen LogP) is 2.98.